The van der Waals surface area contributed by atoms with Crippen LogP contribution in [0.2, 0.25) is 5.02 Å². The zero-order chi connectivity index (χ0) is 26.2. The van der Waals surface area contributed by atoms with E-state index in [0.29, 0.717) is 22.9 Å². The van der Waals surface area contributed by atoms with Gasteiger partial charge >= 0.3 is 0 Å². The summed E-state index contributed by atoms with van der Waals surface area (Å²) in [5.41, 5.74) is 4.71. The molecule has 1 atom stereocenters. The number of hydrogen-bond acceptors (Lipinski definition) is 6. The van der Waals surface area contributed by atoms with Gasteiger partial charge in [0.05, 0.1) is 29.3 Å². The van der Waals surface area contributed by atoms with E-state index in [-0.39, 0.29) is 40.9 Å². The molecule has 9 nitrogen and oxygen atoms in total. The van der Waals surface area contributed by atoms with Crippen LogP contribution in [0, 0.1) is 24.2 Å². The van der Waals surface area contributed by atoms with Gasteiger partial charge in [-0.15, -0.1) is 5.10 Å². The van der Waals surface area contributed by atoms with Crippen LogP contribution in [0.4, 0.5) is 5.82 Å². The fourth-order valence-corrected chi connectivity index (χ4v) is 6.07. The number of carbonyl (C=O) groups excluding carboxylic acids is 2. The van der Waals surface area contributed by atoms with Gasteiger partial charge in [-0.25, -0.2) is 9.67 Å². The second-order valence-electron chi connectivity index (χ2n) is 10.8. The number of benzene rings is 1. The van der Waals surface area contributed by atoms with E-state index in [1.54, 1.807) is 27.9 Å². The Bertz CT molecular complexity index is 1590. The van der Waals surface area contributed by atoms with Crippen molar-refractivity contribution >= 4 is 29.2 Å². The van der Waals surface area contributed by atoms with Crippen molar-refractivity contribution in [1.29, 1.82) is 5.26 Å². The molecule has 0 unspecified atom stereocenters. The minimum atomic E-state index is -0.372. The number of carbonyl (C=O) groups is 2. The Kier molecular flexibility index (Phi) is 5.01. The maximum atomic E-state index is 12.9. The molecule has 0 radical (unpaired) electrons. The summed E-state index contributed by atoms with van der Waals surface area (Å²) in [4.78, 5) is 31.7. The molecule has 3 aliphatic carbocycles. The zero-order valence-electron chi connectivity index (χ0n) is 20.7. The van der Waals surface area contributed by atoms with Crippen molar-refractivity contribution in [1.82, 2.24) is 25.3 Å². The molecule has 1 N–H and O–H groups in total. The van der Waals surface area contributed by atoms with E-state index in [1.165, 1.54) is 5.57 Å². The van der Waals surface area contributed by atoms with Gasteiger partial charge in [0, 0.05) is 29.4 Å². The number of nitrogens with one attached hydrogen (secondary N) is 1. The number of fused-ring (bicyclic) bond motifs is 1. The molecule has 0 spiro atoms. The summed E-state index contributed by atoms with van der Waals surface area (Å²) >= 11 is 6.13. The number of anilines is 1. The maximum absolute atomic E-state index is 12.9. The third kappa shape index (κ3) is 3.63. The highest BCUT2D eigenvalue weighted by Crippen LogP contribution is 2.50. The number of aryl methyl sites for hydroxylation is 1. The Morgan fingerprint density at radius 2 is 2.08 bits per heavy atom. The number of halogens is 1. The third-order valence-electron chi connectivity index (χ3n) is 8.35. The smallest absolute Gasteiger partial charge is 0.273 e. The van der Waals surface area contributed by atoms with E-state index in [2.05, 4.69) is 26.7 Å². The number of nitrogens with zero attached hydrogens (tertiary/aromatic N) is 6. The molecule has 190 valence electrons. The lowest BCUT2D eigenvalue weighted by Gasteiger charge is -2.36. The maximum Gasteiger partial charge on any atom is 0.273 e. The van der Waals surface area contributed by atoms with Crippen molar-refractivity contribution in [3.63, 3.8) is 0 Å². The molecule has 4 aliphatic rings. The molecule has 38 heavy (non-hydrogen) atoms. The Hall–Kier alpha value is -4.03. The van der Waals surface area contributed by atoms with Crippen molar-refractivity contribution in [2.45, 2.75) is 50.1 Å². The van der Waals surface area contributed by atoms with Gasteiger partial charge < -0.3 is 5.32 Å². The van der Waals surface area contributed by atoms with Gasteiger partial charge in [0.25, 0.3) is 5.91 Å². The average Bonchev–Trinajstić information content (AvgIpc) is 3.77. The minimum Gasteiger partial charge on any atom is -0.348 e. The van der Waals surface area contributed by atoms with Gasteiger partial charge in [-0.05, 0) is 79.5 Å². The predicted octanol–water partition coefficient (Wildman–Crippen LogP) is 3.62. The first-order valence-corrected chi connectivity index (χ1v) is 13.2. The minimum absolute atomic E-state index is 0.00662. The molecular weight excluding hydrogens is 502 g/mol. The first-order valence-electron chi connectivity index (χ1n) is 12.8. The lowest BCUT2D eigenvalue weighted by atomic mass is 9.74. The first kappa shape index (κ1) is 23.1. The number of aromatic nitrogens is 4. The molecule has 3 fully saturated rings. The van der Waals surface area contributed by atoms with Crippen LogP contribution in [-0.4, -0.2) is 44.4 Å². The molecule has 1 aromatic carbocycles. The van der Waals surface area contributed by atoms with Crippen molar-refractivity contribution in [3.8, 4) is 6.07 Å². The number of amides is 2. The highest BCUT2D eigenvalue weighted by atomic mass is 35.5. The van der Waals surface area contributed by atoms with E-state index in [4.69, 9.17) is 11.6 Å². The van der Waals surface area contributed by atoms with Crippen LogP contribution in [0.1, 0.15) is 64.3 Å². The normalized spacial score (nSPS) is 24.2. The molecule has 0 bridgehead atoms. The van der Waals surface area contributed by atoms with Gasteiger partial charge in [0.2, 0.25) is 5.91 Å². The SMILES string of the molecule is Cc1cc(N2CC3=C[C@H]3C2=O)ncc1C1(n2cc(C(=O)NC3CC(c4cc(Cl)ccc4C#N)C3)nn2)CC1. The van der Waals surface area contributed by atoms with Crippen LogP contribution in [-0.2, 0) is 10.3 Å². The standard InChI is InChI=1S/C28H24ClN7O2/c1-15-6-25(35-13-18-9-22(18)27(35)38)31-12-23(15)28(4-5-28)36-14-24(33-34-36)26(37)32-20-7-17(8-20)21-10-19(29)3-2-16(21)11-30/h2-3,6,9-10,12,14,17,20,22H,4-5,7-8,13H2,1H3,(H,32,37)/t17?,20?,22-/m1/s1. The molecule has 2 amide bonds. The topological polar surface area (TPSA) is 117 Å². The molecule has 1 aliphatic heterocycles. The predicted molar refractivity (Wildman–Crippen MR) is 139 cm³/mol. The van der Waals surface area contributed by atoms with Gasteiger partial charge in [0.1, 0.15) is 5.82 Å². The van der Waals surface area contributed by atoms with Crippen LogP contribution < -0.4 is 10.2 Å². The van der Waals surface area contributed by atoms with Gasteiger partial charge in [0.15, 0.2) is 5.69 Å². The van der Waals surface area contributed by atoms with Crippen molar-refractivity contribution < 1.29 is 9.59 Å². The fraction of sp³-hybridized carbons (Fsp3) is 0.357. The van der Waals surface area contributed by atoms with E-state index < -0.39 is 0 Å². The van der Waals surface area contributed by atoms with E-state index in [1.807, 2.05) is 31.3 Å². The highest BCUT2D eigenvalue weighted by molar-refractivity contribution is 6.30. The second kappa shape index (κ2) is 8.23. The highest BCUT2D eigenvalue weighted by Gasteiger charge is 2.50. The van der Waals surface area contributed by atoms with E-state index in [9.17, 15) is 14.9 Å². The summed E-state index contributed by atoms with van der Waals surface area (Å²) in [5.74, 6) is 0.702. The summed E-state index contributed by atoms with van der Waals surface area (Å²) in [7, 11) is 0. The van der Waals surface area contributed by atoms with Crippen LogP contribution in [0.5, 0.6) is 0 Å². The lowest BCUT2D eigenvalue weighted by Crippen LogP contribution is -2.43. The summed E-state index contributed by atoms with van der Waals surface area (Å²) in [6.45, 7) is 2.65. The largest absolute Gasteiger partial charge is 0.348 e. The Morgan fingerprint density at radius 1 is 1.26 bits per heavy atom. The van der Waals surface area contributed by atoms with E-state index >= 15 is 0 Å². The van der Waals surface area contributed by atoms with Crippen LogP contribution >= 0.6 is 11.6 Å². The molecule has 1 saturated heterocycles. The number of hydrogen-bond donors (Lipinski definition) is 1. The average molecular weight is 526 g/mol. The summed E-state index contributed by atoms with van der Waals surface area (Å²) < 4.78 is 1.78. The molecule has 10 heteroatoms. The monoisotopic (exact) mass is 525 g/mol. The van der Waals surface area contributed by atoms with Crippen LogP contribution in [0.15, 0.2) is 48.3 Å². The van der Waals surface area contributed by atoms with Crippen molar-refractivity contribution in [2.24, 2.45) is 5.92 Å². The number of nitriles is 1. The lowest BCUT2D eigenvalue weighted by molar-refractivity contribution is -0.118. The number of pyridine rings is 1. The molecule has 7 rings (SSSR count). The quantitative estimate of drug-likeness (QED) is 0.491. The summed E-state index contributed by atoms with van der Waals surface area (Å²) in [6.07, 6.45) is 8.79. The molecular formula is C28H24ClN7O2. The summed E-state index contributed by atoms with van der Waals surface area (Å²) in [6, 6.07) is 9.50. The van der Waals surface area contributed by atoms with Gasteiger partial charge in [-0.1, -0.05) is 22.9 Å². The molecule has 2 saturated carbocycles. The molecule has 3 heterocycles. The van der Waals surface area contributed by atoms with Gasteiger partial charge in [-0.3, -0.25) is 14.5 Å². The second-order valence-corrected chi connectivity index (χ2v) is 11.2. The van der Waals surface area contributed by atoms with E-state index in [0.717, 1.165) is 42.4 Å². The van der Waals surface area contributed by atoms with Crippen LogP contribution in [0.25, 0.3) is 0 Å². The van der Waals surface area contributed by atoms with Gasteiger partial charge in [-0.2, -0.15) is 5.26 Å². The Morgan fingerprint density at radius 3 is 2.76 bits per heavy atom. The number of rotatable bonds is 6. The van der Waals surface area contributed by atoms with Crippen molar-refractivity contribution in [2.75, 3.05) is 11.4 Å². The van der Waals surface area contributed by atoms with Crippen molar-refractivity contribution in [3.05, 3.63) is 81.3 Å². The third-order valence-corrected chi connectivity index (χ3v) is 8.59. The molecule has 3 aromatic rings. The molecule has 2 aromatic heterocycles. The Balaban J connectivity index is 1.03. The fourth-order valence-electron chi connectivity index (χ4n) is 5.88. The summed E-state index contributed by atoms with van der Waals surface area (Å²) in [5, 5.41) is 21.5. The Labute approximate surface area is 224 Å². The van der Waals surface area contributed by atoms with Crippen LogP contribution in [0.3, 0.4) is 0 Å². The first-order chi connectivity index (χ1) is 18.4. The zero-order valence-corrected chi connectivity index (χ0v) is 21.4.